The van der Waals surface area contributed by atoms with Crippen LogP contribution < -0.4 is 10.6 Å². The lowest BCUT2D eigenvalue weighted by molar-refractivity contribution is 0.338. The molecule has 0 spiro atoms. The smallest absolute Gasteiger partial charge is 0.142 e. The third kappa shape index (κ3) is 1.92. The number of rotatable bonds is 3. The zero-order valence-electron chi connectivity index (χ0n) is 10.6. The van der Waals surface area contributed by atoms with Crippen LogP contribution in [-0.2, 0) is 0 Å². The Kier molecular flexibility index (Phi) is 2.77. The summed E-state index contributed by atoms with van der Waals surface area (Å²) in [4.78, 5) is 2.37. The van der Waals surface area contributed by atoms with Gasteiger partial charge in [-0.05, 0) is 55.5 Å². The summed E-state index contributed by atoms with van der Waals surface area (Å²) in [6, 6.07) is 0. The van der Waals surface area contributed by atoms with E-state index in [0.717, 1.165) is 23.3 Å². The molecule has 2 saturated carbocycles. The number of hydrogen-bond acceptors (Lipinski definition) is 4. The number of nitrogens with zero attached hydrogens (tertiary/aromatic N) is 2. The molecule has 1 heterocycles. The molecule has 3 atom stereocenters. The van der Waals surface area contributed by atoms with E-state index in [1.54, 1.807) is 0 Å². The van der Waals surface area contributed by atoms with E-state index in [-0.39, 0.29) is 0 Å². The van der Waals surface area contributed by atoms with Crippen molar-refractivity contribution in [2.24, 2.45) is 17.8 Å². The minimum absolute atomic E-state index is 0.699. The van der Waals surface area contributed by atoms with Gasteiger partial charge in [0.2, 0.25) is 0 Å². The molecule has 1 aromatic heterocycles. The summed E-state index contributed by atoms with van der Waals surface area (Å²) in [6.07, 6.45) is 5.88. The summed E-state index contributed by atoms with van der Waals surface area (Å²) < 4.78 is 4.24. The largest absolute Gasteiger partial charge is 0.383 e. The standard InChI is InChI=1S/C13H21N3S/c1-8-12(14)15-17-13(8)16(2)7-11-6-9-3-4-10(11)5-9/h9-11H,3-7H2,1-2H3,(H2,14,15). The fraction of sp³-hybridized carbons (Fsp3) is 0.769. The first-order valence-electron chi connectivity index (χ1n) is 6.58. The Morgan fingerprint density at radius 3 is 2.76 bits per heavy atom. The molecule has 3 nitrogen and oxygen atoms in total. The minimum Gasteiger partial charge on any atom is -0.383 e. The molecule has 2 fully saturated rings. The second-order valence-corrected chi connectivity index (χ2v) is 6.57. The molecule has 2 bridgehead atoms. The van der Waals surface area contributed by atoms with E-state index in [2.05, 4.69) is 23.2 Å². The van der Waals surface area contributed by atoms with Crippen molar-refractivity contribution >= 4 is 22.4 Å². The molecule has 0 aromatic carbocycles. The van der Waals surface area contributed by atoms with E-state index in [1.165, 1.54) is 48.8 Å². The maximum atomic E-state index is 5.82. The lowest BCUT2D eigenvalue weighted by Crippen LogP contribution is -2.28. The van der Waals surface area contributed by atoms with Gasteiger partial charge in [0, 0.05) is 19.2 Å². The maximum absolute atomic E-state index is 5.82. The van der Waals surface area contributed by atoms with Crippen LogP contribution in [0, 0.1) is 24.7 Å². The Balaban J connectivity index is 1.67. The Bertz CT molecular complexity index is 415. The first-order chi connectivity index (χ1) is 8.15. The maximum Gasteiger partial charge on any atom is 0.142 e. The van der Waals surface area contributed by atoms with Crippen LogP contribution >= 0.6 is 11.5 Å². The lowest BCUT2D eigenvalue weighted by Gasteiger charge is -2.27. The number of nitrogen functional groups attached to an aromatic ring is 1. The van der Waals surface area contributed by atoms with Gasteiger partial charge in [-0.15, -0.1) is 0 Å². The highest BCUT2D eigenvalue weighted by atomic mass is 32.1. The number of nitrogens with two attached hydrogens (primary N) is 1. The number of anilines is 2. The van der Waals surface area contributed by atoms with Crippen LogP contribution in [0.25, 0.3) is 0 Å². The number of hydrogen-bond donors (Lipinski definition) is 1. The Hall–Kier alpha value is -0.770. The van der Waals surface area contributed by atoms with Crippen molar-refractivity contribution in [3.05, 3.63) is 5.56 Å². The summed E-state index contributed by atoms with van der Waals surface area (Å²) in [6.45, 7) is 3.26. The monoisotopic (exact) mass is 251 g/mol. The third-order valence-corrected chi connectivity index (χ3v) is 5.75. The lowest BCUT2D eigenvalue weighted by atomic mass is 9.88. The van der Waals surface area contributed by atoms with Crippen LogP contribution in [0.5, 0.6) is 0 Å². The molecule has 2 aliphatic carbocycles. The summed E-state index contributed by atoms with van der Waals surface area (Å²) in [5.74, 6) is 3.63. The van der Waals surface area contributed by atoms with Gasteiger partial charge in [-0.3, -0.25) is 0 Å². The van der Waals surface area contributed by atoms with Crippen molar-refractivity contribution in [1.29, 1.82) is 0 Å². The molecule has 94 valence electrons. The fourth-order valence-corrected chi connectivity index (χ4v) is 4.51. The van der Waals surface area contributed by atoms with Crippen molar-refractivity contribution in [3.63, 3.8) is 0 Å². The first-order valence-corrected chi connectivity index (χ1v) is 7.35. The average Bonchev–Trinajstić information content (AvgIpc) is 2.96. The van der Waals surface area contributed by atoms with Crippen molar-refractivity contribution < 1.29 is 0 Å². The molecule has 3 unspecified atom stereocenters. The van der Waals surface area contributed by atoms with Crippen LogP contribution in [-0.4, -0.2) is 18.0 Å². The first kappa shape index (κ1) is 11.3. The molecule has 4 heteroatoms. The average molecular weight is 251 g/mol. The predicted octanol–water partition coefficient (Wildman–Crippen LogP) is 2.91. The molecule has 3 rings (SSSR count). The summed E-state index contributed by atoms with van der Waals surface area (Å²) in [7, 11) is 2.19. The van der Waals surface area contributed by atoms with Crippen molar-refractivity contribution in [1.82, 2.24) is 4.37 Å². The Labute approximate surface area is 107 Å². The van der Waals surface area contributed by atoms with E-state index < -0.39 is 0 Å². The fourth-order valence-electron chi connectivity index (χ4n) is 3.73. The molecule has 17 heavy (non-hydrogen) atoms. The van der Waals surface area contributed by atoms with E-state index >= 15 is 0 Å². The normalized spacial score (nSPS) is 31.1. The molecular formula is C13H21N3S. The molecule has 2 N–H and O–H groups in total. The Morgan fingerprint density at radius 1 is 1.41 bits per heavy atom. The van der Waals surface area contributed by atoms with Gasteiger partial charge in [0.05, 0.1) is 0 Å². The number of aromatic nitrogens is 1. The van der Waals surface area contributed by atoms with Gasteiger partial charge in [0.1, 0.15) is 10.8 Å². The van der Waals surface area contributed by atoms with Crippen LogP contribution in [0.1, 0.15) is 31.2 Å². The SMILES string of the molecule is Cc1c(N)nsc1N(C)CC1CC2CCC1C2. The topological polar surface area (TPSA) is 42.1 Å². The molecular weight excluding hydrogens is 230 g/mol. The molecule has 2 aliphatic rings. The molecule has 1 aromatic rings. The van der Waals surface area contributed by atoms with Crippen LogP contribution in [0.15, 0.2) is 0 Å². The summed E-state index contributed by atoms with van der Waals surface area (Å²) in [5, 5.41) is 1.25. The highest BCUT2D eigenvalue weighted by molar-refractivity contribution is 7.10. The number of fused-ring (bicyclic) bond motifs is 2. The van der Waals surface area contributed by atoms with Crippen LogP contribution in [0.3, 0.4) is 0 Å². The molecule has 0 saturated heterocycles. The highest BCUT2D eigenvalue weighted by Crippen LogP contribution is 2.48. The zero-order valence-corrected chi connectivity index (χ0v) is 11.5. The van der Waals surface area contributed by atoms with Gasteiger partial charge >= 0.3 is 0 Å². The van der Waals surface area contributed by atoms with Gasteiger partial charge in [0.15, 0.2) is 0 Å². The van der Waals surface area contributed by atoms with E-state index in [4.69, 9.17) is 5.73 Å². The highest BCUT2D eigenvalue weighted by Gasteiger charge is 2.39. The van der Waals surface area contributed by atoms with Crippen molar-refractivity contribution in [2.45, 2.75) is 32.6 Å². The molecule has 0 radical (unpaired) electrons. The second kappa shape index (κ2) is 4.16. The van der Waals surface area contributed by atoms with E-state index in [1.807, 2.05) is 0 Å². The van der Waals surface area contributed by atoms with Crippen LogP contribution in [0.4, 0.5) is 10.8 Å². The minimum atomic E-state index is 0.699. The van der Waals surface area contributed by atoms with Gasteiger partial charge < -0.3 is 10.6 Å². The quantitative estimate of drug-likeness (QED) is 0.898. The van der Waals surface area contributed by atoms with E-state index in [9.17, 15) is 0 Å². The molecule has 0 aliphatic heterocycles. The predicted molar refractivity (Wildman–Crippen MR) is 73.5 cm³/mol. The summed E-state index contributed by atoms with van der Waals surface area (Å²) >= 11 is 1.54. The molecule has 0 amide bonds. The van der Waals surface area contributed by atoms with Crippen LogP contribution in [0.2, 0.25) is 0 Å². The second-order valence-electron chi connectivity index (χ2n) is 5.81. The van der Waals surface area contributed by atoms with Gasteiger partial charge in [-0.2, -0.15) is 4.37 Å². The van der Waals surface area contributed by atoms with Gasteiger partial charge in [0.25, 0.3) is 0 Å². The van der Waals surface area contributed by atoms with Crippen molar-refractivity contribution in [2.75, 3.05) is 24.2 Å². The van der Waals surface area contributed by atoms with Gasteiger partial charge in [-0.1, -0.05) is 6.42 Å². The van der Waals surface area contributed by atoms with E-state index in [0.29, 0.717) is 5.82 Å². The zero-order chi connectivity index (χ0) is 12.0. The van der Waals surface area contributed by atoms with Gasteiger partial charge in [-0.25, -0.2) is 0 Å². The Morgan fingerprint density at radius 2 is 2.24 bits per heavy atom. The summed E-state index contributed by atoms with van der Waals surface area (Å²) in [5.41, 5.74) is 6.97. The third-order valence-electron chi connectivity index (χ3n) is 4.68. The van der Waals surface area contributed by atoms with Crippen molar-refractivity contribution in [3.8, 4) is 0 Å².